The molecule has 0 atom stereocenters. The maximum absolute atomic E-state index is 12.5. The van der Waals surface area contributed by atoms with E-state index in [1.54, 1.807) is 7.05 Å². The number of rotatable bonds is 4. The Labute approximate surface area is 134 Å². The van der Waals surface area contributed by atoms with Gasteiger partial charge in [0.1, 0.15) is 0 Å². The number of hydrogen-bond donors (Lipinski definition) is 2. The highest BCUT2D eigenvalue weighted by Crippen LogP contribution is 2.39. The normalized spacial score (nSPS) is 25.2. The molecular formula is C17H31N3O2. The molecule has 1 aliphatic heterocycles. The Morgan fingerprint density at radius 1 is 1.05 bits per heavy atom. The van der Waals surface area contributed by atoms with E-state index in [0.29, 0.717) is 0 Å². The van der Waals surface area contributed by atoms with E-state index in [4.69, 9.17) is 0 Å². The van der Waals surface area contributed by atoms with Crippen LogP contribution in [0, 0.1) is 10.8 Å². The second-order valence-electron chi connectivity index (χ2n) is 8.59. The van der Waals surface area contributed by atoms with Crippen LogP contribution in [0.2, 0.25) is 0 Å². The van der Waals surface area contributed by atoms with E-state index in [1.165, 1.54) is 0 Å². The van der Waals surface area contributed by atoms with Crippen molar-refractivity contribution in [1.82, 2.24) is 15.5 Å². The number of nitrogens with one attached hydrogen (secondary N) is 2. The van der Waals surface area contributed by atoms with Crippen molar-refractivity contribution in [3.63, 3.8) is 0 Å². The number of likely N-dealkylation sites (N-methyl/N-ethyl adjacent to an activating group) is 1. The van der Waals surface area contributed by atoms with Crippen LogP contribution < -0.4 is 10.6 Å². The lowest BCUT2D eigenvalue weighted by Crippen LogP contribution is -2.49. The topological polar surface area (TPSA) is 61.4 Å². The Hall–Kier alpha value is -1.10. The molecule has 2 aliphatic rings. The summed E-state index contributed by atoms with van der Waals surface area (Å²) in [6, 6.07) is 0. The molecule has 22 heavy (non-hydrogen) atoms. The van der Waals surface area contributed by atoms with Gasteiger partial charge in [0.15, 0.2) is 0 Å². The van der Waals surface area contributed by atoms with Crippen molar-refractivity contribution in [2.45, 2.75) is 58.9 Å². The summed E-state index contributed by atoms with van der Waals surface area (Å²) in [4.78, 5) is 26.5. The summed E-state index contributed by atoms with van der Waals surface area (Å²) in [6.45, 7) is 10.6. The lowest BCUT2D eigenvalue weighted by molar-refractivity contribution is -0.134. The zero-order chi connectivity index (χ0) is 16.6. The molecule has 0 spiro atoms. The van der Waals surface area contributed by atoms with E-state index >= 15 is 0 Å². The zero-order valence-electron chi connectivity index (χ0n) is 14.7. The molecule has 5 heteroatoms. The maximum Gasteiger partial charge on any atom is 0.241 e. The molecule has 1 heterocycles. The molecule has 2 fully saturated rings. The molecule has 0 aromatic carbocycles. The number of carbonyl (C=O) groups excluding carboxylic acids is 2. The first-order valence-electron chi connectivity index (χ1n) is 8.34. The van der Waals surface area contributed by atoms with Gasteiger partial charge in [-0.25, -0.2) is 0 Å². The minimum absolute atomic E-state index is 0.0334. The van der Waals surface area contributed by atoms with Crippen LogP contribution in [-0.2, 0) is 9.59 Å². The fourth-order valence-corrected chi connectivity index (χ4v) is 3.84. The summed E-state index contributed by atoms with van der Waals surface area (Å²) >= 11 is 0. The highest BCUT2D eigenvalue weighted by atomic mass is 16.2. The molecule has 2 N–H and O–H groups in total. The predicted molar refractivity (Wildman–Crippen MR) is 87.4 cm³/mol. The molecule has 1 aliphatic carbocycles. The van der Waals surface area contributed by atoms with Crippen LogP contribution in [0.15, 0.2) is 0 Å². The first-order chi connectivity index (χ1) is 10.1. The van der Waals surface area contributed by atoms with Crippen LogP contribution in [0.1, 0.15) is 53.4 Å². The second-order valence-corrected chi connectivity index (χ2v) is 8.59. The highest BCUT2D eigenvalue weighted by molar-refractivity contribution is 5.92. The molecular weight excluding hydrogens is 278 g/mol. The van der Waals surface area contributed by atoms with Crippen LogP contribution in [0.5, 0.6) is 0 Å². The van der Waals surface area contributed by atoms with Crippen LogP contribution >= 0.6 is 0 Å². The van der Waals surface area contributed by atoms with Gasteiger partial charge in [0.2, 0.25) is 11.8 Å². The van der Waals surface area contributed by atoms with Gasteiger partial charge < -0.3 is 15.5 Å². The van der Waals surface area contributed by atoms with Gasteiger partial charge in [0, 0.05) is 13.1 Å². The van der Waals surface area contributed by atoms with E-state index < -0.39 is 5.54 Å². The first kappa shape index (κ1) is 17.3. The summed E-state index contributed by atoms with van der Waals surface area (Å²) in [7, 11) is 1.80. The molecule has 1 saturated heterocycles. The van der Waals surface area contributed by atoms with Gasteiger partial charge in [0.05, 0.1) is 12.1 Å². The molecule has 0 aromatic rings. The minimum Gasteiger partial charge on any atom is -0.345 e. The van der Waals surface area contributed by atoms with Crippen molar-refractivity contribution in [2.24, 2.45) is 10.8 Å². The van der Waals surface area contributed by atoms with Crippen molar-refractivity contribution in [3.8, 4) is 0 Å². The summed E-state index contributed by atoms with van der Waals surface area (Å²) < 4.78 is 0. The predicted octanol–water partition coefficient (Wildman–Crippen LogP) is 1.53. The maximum atomic E-state index is 12.5. The van der Waals surface area contributed by atoms with Crippen LogP contribution in [0.3, 0.4) is 0 Å². The van der Waals surface area contributed by atoms with Gasteiger partial charge in [-0.3, -0.25) is 9.59 Å². The molecule has 0 bridgehead atoms. The molecule has 126 valence electrons. The number of carbonyl (C=O) groups is 2. The van der Waals surface area contributed by atoms with Crippen molar-refractivity contribution in [1.29, 1.82) is 0 Å². The molecule has 0 radical (unpaired) electrons. The SMILES string of the molecule is CNC1(C(=O)NCC(=O)N2CCC(C)(C)CC(C)(C)C2)CC1. The van der Waals surface area contributed by atoms with Crippen LogP contribution in [0.25, 0.3) is 0 Å². The summed E-state index contributed by atoms with van der Waals surface area (Å²) in [6.07, 6.45) is 3.83. The van der Waals surface area contributed by atoms with Gasteiger partial charge >= 0.3 is 0 Å². The number of nitrogens with zero attached hydrogens (tertiary/aromatic N) is 1. The van der Waals surface area contributed by atoms with Gasteiger partial charge in [-0.1, -0.05) is 27.7 Å². The third kappa shape index (κ3) is 4.00. The monoisotopic (exact) mass is 309 g/mol. The Bertz CT molecular complexity index is 453. The fourth-order valence-electron chi connectivity index (χ4n) is 3.84. The van der Waals surface area contributed by atoms with E-state index in [2.05, 4.69) is 38.3 Å². The minimum atomic E-state index is -0.416. The lowest BCUT2D eigenvalue weighted by atomic mass is 9.75. The second kappa shape index (κ2) is 5.84. The molecule has 2 rings (SSSR count). The van der Waals surface area contributed by atoms with E-state index in [-0.39, 0.29) is 29.2 Å². The first-order valence-corrected chi connectivity index (χ1v) is 8.34. The number of hydrogen-bond acceptors (Lipinski definition) is 3. The fraction of sp³-hybridized carbons (Fsp3) is 0.882. The number of likely N-dealkylation sites (tertiary alicyclic amines) is 1. The van der Waals surface area contributed by atoms with Gasteiger partial charge in [-0.05, 0) is 43.6 Å². The Balaban J connectivity index is 1.90. The average Bonchev–Trinajstić information content (AvgIpc) is 3.20. The standard InChI is InChI=1S/C17H31N3O2/c1-15(2)8-9-20(12-16(3,4)11-15)13(21)10-19-14(22)17(18-5)6-7-17/h18H,6-12H2,1-5H3,(H,19,22). The number of amides is 2. The van der Waals surface area contributed by atoms with Crippen molar-refractivity contribution in [2.75, 3.05) is 26.7 Å². The Morgan fingerprint density at radius 3 is 2.23 bits per heavy atom. The van der Waals surface area contributed by atoms with Crippen molar-refractivity contribution < 1.29 is 9.59 Å². The molecule has 1 saturated carbocycles. The third-order valence-electron chi connectivity index (χ3n) is 5.05. The summed E-state index contributed by atoms with van der Waals surface area (Å²) in [5.74, 6) is -0.0104. The Morgan fingerprint density at radius 2 is 1.68 bits per heavy atom. The van der Waals surface area contributed by atoms with Gasteiger partial charge in [-0.15, -0.1) is 0 Å². The molecule has 0 unspecified atom stereocenters. The van der Waals surface area contributed by atoms with Crippen molar-refractivity contribution >= 4 is 11.8 Å². The lowest BCUT2D eigenvalue weighted by Gasteiger charge is -2.32. The third-order valence-corrected chi connectivity index (χ3v) is 5.05. The average molecular weight is 309 g/mol. The Kier molecular flexibility index (Phi) is 4.58. The van der Waals surface area contributed by atoms with Crippen molar-refractivity contribution in [3.05, 3.63) is 0 Å². The smallest absolute Gasteiger partial charge is 0.241 e. The van der Waals surface area contributed by atoms with E-state index in [1.807, 2.05) is 4.90 Å². The van der Waals surface area contributed by atoms with Crippen LogP contribution in [0.4, 0.5) is 0 Å². The summed E-state index contributed by atoms with van der Waals surface area (Å²) in [5, 5.41) is 5.86. The quantitative estimate of drug-likeness (QED) is 0.828. The van der Waals surface area contributed by atoms with E-state index in [9.17, 15) is 9.59 Å². The molecule has 5 nitrogen and oxygen atoms in total. The summed E-state index contributed by atoms with van der Waals surface area (Å²) in [5.41, 5.74) is -0.0470. The van der Waals surface area contributed by atoms with Gasteiger partial charge in [0.25, 0.3) is 0 Å². The molecule has 2 amide bonds. The van der Waals surface area contributed by atoms with Crippen LogP contribution in [-0.4, -0.2) is 48.9 Å². The zero-order valence-corrected chi connectivity index (χ0v) is 14.7. The largest absolute Gasteiger partial charge is 0.345 e. The van der Waals surface area contributed by atoms with E-state index in [0.717, 1.165) is 38.8 Å². The molecule has 0 aromatic heterocycles. The van der Waals surface area contributed by atoms with Gasteiger partial charge in [-0.2, -0.15) is 0 Å². The highest BCUT2D eigenvalue weighted by Gasteiger charge is 2.48.